The van der Waals surface area contributed by atoms with Gasteiger partial charge >= 0.3 is 0 Å². The lowest BCUT2D eigenvalue weighted by Gasteiger charge is -2.30. The Morgan fingerprint density at radius 2 is 1.92 bits per heavy atom. The molecule has 1 aliphatic heterocycles. The van der Waals surface area contributed by atoms with Crippen LogP contribution >= 0.6 is 0 Å². The first kappa shape index (κ1) is 17.6. The van der Waals surface area contributed by atoms with Gasteiger partial charge in [0.15, 0.2) is 0 Å². The SMILES string of the molecule is CC1CCN(Cc2ccc(CNC(=O)[C@H](C)n3cncn3)cc2)CC1. The van der Waals surface area contributed by atoms with Gasteiger partial charge in [0, 0.05) is 13.1 Å². The standard InChI is InChI=1S/C19H27N5O/c1-15-7-9-23(10-8-15)12-18-5-3-17(4-6-18)11-21-19(25)16(2)24-14-20-13-22-24/h3-6,13-16H,7-12H2,1-2H3,(H,21,25)/t16-/m0/s1. The second-order valence-corrected chi connectivity index (χ2v) is 7.04. The summed E-state index contributed by atoms with van der Waals surface area (Å²) >= 11 is 0. The van der Waals surface area contributed by atoms with Crippen LogP contribution in [-0.2, 0) is 17.9 Å². The van der Waals surface area contributed by atoms with Crippen molar-refractivity contribution in [2.45, 2.75) is 45.8 Å². The number of likely N-dealkylation sites (tertiary alicyclic amines) is 1. The van der Waals surface area contributed by atoms with Gasteiger partial charge in [-0.15, -0.1) is 0 Å². The van der Waals surface area contributed by atoms with E-state index in [2.05, 4.69) is 51.5 Å². The molecule has 1 aliphatic rings. The lowest BCUT2D eigenvalue weighted by molar-refractivity contribution is -0.124. The van der Waals surface area contributed by atoms with E-state index in [9.17, 15) is 4.79 Å². The second-order valence-electron chi connectivity index (χ2n) is 7.04. The zero-order chi connectivity index (χ0) is 17.6. The molecule has 1 N–H and O–H groups in total. The summed E-state index contributed by atoms with van der Waals surface area (Å²) in [7, 11) is 0. The number of carbonyl (C=O) groups is 1. The van der Waals surface area contributed by atoms with Crippen molar-refractivity contribution in [1.29, 1.82) is 0 Å². The fourth-order valence-corrected chi connectivity index (χ4v) is 3.12. The van der Waals surface area contributed by atoms with Gasteiger partial charge in [0.2, 0.25) is 5.91 Å². The van der Waals surface area contributed by atoms with Crippen molar-refractivity contribution in [3.63, 3.8) is 0 Å². The monoisotopic (exact) mass is 341 g/mol. The Labute approximate surface area is 149 Å². The van der Waals surface area contributed by atoms with E-state index < -0.39 is 0 Å². The molecule has 3 rings (SSSR count). The zero-order valence-electron chi connectivity index (χ0n) is 15.1. The van der Waals surface area contributed by atoms with Crippen LogP contribution < -0.4 is 5.32 Å². The quantitative estimate of drug-likeness (QED) is 0.876. The van der Waals surface area contributed by atoms with Crippen LogP contribution in [-0.4, -0.2) is 38.7 Å². The van der Waals surface area contributed by atoms with Gasteiger partial charge in [0.1, 0.15) is 18.7 Å². The number of aromatic nitrogens is 3. The third-order valence-electron chi connectivity index (χ3n) is 4.99. The van der Waals surface area contributed by atoms with Gasteiger partial charge in [0.25, 0.3) is 0 Å². The number of nitrogens with one attached hydrogen (secondary N) is 1. The largest absolute Gasteiger partial charge is 0.350 e. The van der Waals surface area contributed by atoms with E-state index in [1.807, 2.05) is 6.92 Å². The molecule has 2 heterocycles. The zero-order valence-corrected chi connectivity index (χ0v) is 15.1. The minimum atomic E-state index is -0.358. The number of rotatable bonds is 6. The number of carbonyl (C=O) groups excluding carboxylic acids is 1. The Hall–Kier alpha value is -2.21. The van der Waals surface area contributed by atoms with Crippen molar-refractivity contribution in [3.8, 4) is 0 Å². The van der Waals surface area contributed by atoms with Crippen molar-refractivity contribution in [1.82, 2.24) is 25.0 Å². The molecule has 1 aromatic heterocycles. The van der Waals surface area contributed by atoms with Crippen LogP contribution in [0.3, 0.4) is 0 Å². The molecule has 0 unspecified atom stereocenters. The first-order chi connectivity index (χ1) is 12.1. The highest BCUT2D eigenvalue weighted by Crippen LogP contribution is 2.18. The third kappa shape index (κ3) is 4.89. The van der Waals surface area contributed by atoms with E-state index in [1.165, 1.54) is 37.8 Å². The molecule has 25 heavy (non-hydrogen) atoms. The fraction of sp³-hybridized carbons (Fsp3) is 0.526. The Morgan fingerprint density at radius 3 is 2.56 bits per heavy atom. The highest BCUT2D eigenvalue weighted by molar-refractivity contribution is 5.79. The lowest BCUT2D eigenvalue weighted by Crippen LogP contribution is -2.32. The van der Waals surface area contributed by atoms with Gasteiger partial charge in [-0.05, 0) is 49.9 Å². The van der Waals surface area contributed by atoms with E-state index in [0.717, 1.165) is 18.0 Å². The Balaban J connectivity index is 1.47. The van der Waals surface area contributed by atoms with Crippen molar-refractivity contribution in [2.24, 2.45) is 5.92 Å². The average molecular weight is 341 g/mol. The highest BCUT2D eigenvalue weighted by atomic mass is 16.2. The molecule has 2 aromatic rings. The topological polar surface area (TPSA) is 63.1 Å². The molecule has 1 fully saturated rings. The van der Waals surface area contributed by atoms with Crippen molar-refractivity contribution < 1.29 is 4.79 Å². The first-order valence-electron chi connectivity index (χ1n) is 9.04. The third-order valence-corrected chi connectivity index (χ3v) is 4.99. The van der Waals surface area contributed by atoms with Gasteiger partial charge in [-0.1, -0.05) is 31.2 Å². The van der Waals surface area contributed by atoms with E-state index >= 15 is 0 Å². The maximum atomic E-state index is 12.2. The Kier molecular flexibility index (Phi) is 5.81. The Bertz CT molecular complexity index is 660. The molecule has 0 radical (unpaired) electrons. The average Bonchev–Trinajstić information content (AvgIpc) is 3.17. The highest BCUT2D eigenvalue weighted by Gasteiger charge is 2.16. The molecular weight excluding hydrogens is 314 g/mol. The maximum absolute atomic E-state index is 12.2. The molecule has 1 atom stereocenters. The molecule has 1 saturated heterocycles. The van der Waals surface area contributed by atoms with Gasteiger partial charge in [-0.25, -0.2) is 9.67 Å². The minimum absolute atomic E-state index is 0.0583. The number of hydrogen-bond donors (Lipinski definition) is 1. The number of benzene rings is 1. The van der Waals surface area contributed by atoms with Crippen molar-refractivity contribution in [2.75, 3.05) is 13.1 Å². The van der Waals surface area contributed by atoms with Crippen LogP contribution in [0.15, 0.2) is 36.9 Å². The molecule has 134 valence electrons. The first-order valence-corrected chi connectivity index (χ1v) is 9.04. The number of hydrogen-bond acceptors (Lipinski definition) is 4. The van der Waals surface area contributed by atoms with Gasteiger partial charge in [0.05, 0.1) is 0 Å². The molecule has 0 aliphatic carbocycles. The summed E-state index contributed by atoms with van der Waals surface area (Å²) in [5, 5.41) is 6.96. The smallest absolute Gasteiger partial charge is 0.244 e. The predicted molar refractivity (Wildman–Crippen MR) is 96.7 cm³/mol. The summed E-state index contributed by atoms with van der Waals surface area (Å²) in [6, 6.07) is 8.18. The van der Waals surface area contributed by atoms with Gasteiger partial charge in [-0.2, -0.15) is 5.10 Å². The summed E-state index contributed by atoms with van der Waals surface area (Å²) in [6.45, 7) is 8.08. The van der Waals surface area contributed by atoms with Crippen molar-refractivity contribution in [3.05, 3.63) is 48.0 Å². The maximum Gasteiger partial charge on any atom is 0.244 e. The van der Waals surface area contributed by atoms with Gasteiger partial charge < -0.3 is 5.32 Å². The van der Waals surface area contributed by atoms with Crippen LogP contribution in [0, 0.1) is 5.92 Å². The van der Waals surface area contributed by atoms with Crippen molar-refractivity contribution >= 4 is 5.91 Å². The van der Waals surface area contributed by atoms with E-state index in [4.69, 9.17) is 0 Å². The summed E-state index contributed by atoms with van der Waals surface area (Å²) in [4.78, 5) is 18.6. The molecule has 0 saturated carbocycles. The fourth-order valence-electron chi connectivity index (χ4n) is 3.12. The normalized spacial score (nSPS) is 17.4. The molecule has 0 bridgehead atoms. The molecule has 0 spiro atoms. The predicted octanol–water partition coefficient (Wildman–Crippen LogP) is 2.39. The summed E-state index contributed by atoms with van der Waals surface area (Å²) < 4.78 is 1.55. The second kappa shape index (κ2) is 8.25. The molecule has 1 aromatic carbocycles. The molecular formula is C19H27N5O. The molecule has 1 amide bonds. The van der Waals surface area contributed by atoms with Crippen LogP contribution in [0.1, 0.15) is 43.9 Å². The van der Waals surface area contributed by atoms with E-state index in [0.29, 0.717) is 6.54 Å². The van der Waals surface area contributed by atoms with Crippen LogP contribution in [0.4, 0.5) is 0 Å². The summed E-state index contributed by atoms with van der Waals surface area (Å²) in [5.41, 5.74) is 2.44. The summed E-state index contributed by atoms with van der Waals surface area (Å²) in [6.07, 6.45) is 5.59. The van der Waals surface area contributed by atoms with E-state index in [-0.39, 0.29) is 11.9 Å². The van der Waals surface area contributed by atoms with E-state index in [1.54, 1.807) is 11.0 Å². The molecule has 6 heteroatoms. The summed E-state index contributed by atoms with van der Waals surface area (Å²) in [5.74, 6) is 0.805. The van der Waals surface area contributed by atoms with Crippen LogP contribution in [0.5, 0.6) is 0 Å². The number of amides is 1. The molecule has 6 nitrogen and oxygen atoms in total. The number of nitrogens with zero attached hydrogens (tertiary/aromatic N) is 4. The van der Waals surface area contributed by atoms with Crippen LogP contribution in [0.2, 0.25) is 0 Å². The number of piperidine rings is 1. The minimum Gasteiger partial charge on any atom is -0.350 e. The van der Waals surface area contributed by atoms with Crippen LogP contribution in [0.25, 0.3) is 0 Å². The van der Waals surface area contributed by atoms with Gasteiger partial charge in [-0.3, -0.25) is 9.69 Å². The Morgan fingerprint density at radius 1 is 1.24 bits per heavy atom. The lowest BCUT2D eigenvalue weighted by atomic mass is 9.99.